The van der Waals surface area contributed by atoms with Gasteiger partial charge in [0.1, 0.15) is 5.75 Å². The topological polar surface area (TPSA) is 59.3 Å². The molecule has 1 aromatic carbocycles. The van der Waals surface area contributed by atoms with E-state index in [9.17, 15) is 10.1 Å². The van der Waals surface area contributed by atoms with E-state index >= 15 is 0 Å². The third-order valence-corrected chi connectivity index (χ3v) is 2.71. The molecule has 1 rings (SSSR count). The van der Waals surface area contributed by atoms with Crippen molar-refractivity contribution in [2.24, 2.45) is 5.41 Å². The Kier molecular flexibility index (Phi) is 4.73. The second kappa shape index (κ2) is 6.06. The molecular weight excluding hydrogens is 230 g/mol. The maximum atomic E-state index is 11.8. The minimum absolute atomic E-state index is 0.266. The number of carbonyl (C=O) groups excluding carboxylic acids is 1. The Bertz CT molecular complexity index is 464. The van der Waals surface area contributed by atoms with Gasteiger partial charge in [-0.25, -0.2) is 0 Å². The van der Waals surface area contributed by atoms with Crippen molar-refractivity contribution in [3.63, 3.8) is 0 Å². The van der Waals surface area contributed by atoms with Crippen molar-refractivity contribution < 1.29 is 14.3 Å². The van der Waals surface area contributed by atoms with Crippen LogP contribution in [0.25, 0.3) is 0 Å². The summed E-state index contributed by atoms with van der Waals surface area (Å²) in [6.07, 6.45) is 0.270. The highest BCUT2D eigenvalue weighted by Gasteiger charge is 2.36. The van der Waals surface area contributed by atoms with E-state index in [2.05, 4.69) is 0 Å². The third kappa shape index (κ3) is 3.01. The summed E-state index contributed by atoms with van der Waals surface area (Å²) >= 11 is 0. The second-order valence-corrected chi connectivity index (χ2v) is 4.15. The van der Waals surface area contributed by atoms with E-state index in [1.54, 1.807) is 27.0 Å². The van der Waals surface area contributed by atoms with Gasteiger partial charge in [-0.1, -0.05) is 18.2 Å². The second-order valence-electron chi connectivity index (χ2n) is 4.15. The zero-order valence-electron chi connectivity index (χ0n) is 10.9. The summed E-state index contributed by atoms with van der Waals surface area (Å²) in [5.41, 5.74) is -0.373. The fourth-order valence-corrected chi connectivity index (χ4v) is 1.68. The average molecular weight is 247 g/mol. The molecule has 0 fully saturated rings. The third-order valence-electron chi connectivity index (χ3n) is 2.71. The predicted molar refractivity (Wildman–Crippen MR) is 67.1 cm³/mol. The Morgan fingerprint density at radius 3 is 2.67 bits per heavy atom. The molecule has 0 N–H and O–H groups in total. The van der Waals surface area contributed by atoms with Crippen LogP contribution < -0.4 is 4.74 Å². The molecule has 0 saturated heterocycles. The van der Waals surface area contributed by atoms with Crippen LogP contribution in [0.5, 0.6) is 5.75 Å². The van der Waals surface area contributed by atoms with Gasteiger partial charge in [0.25, 0.3) is 0 Å². The molecule has 4 heteroatoms. The number of methoxy groups -OCH3 is 1. The van der Waals surface area contributed by atoms with Gasteiger partial charge in [0.2, 0.25) is 0 Å². The predicted octanol–water partition coefficient (Wildman–Crippen LogP) is 2.33. The number of benzene rings is 1. The van der Waals surface area contributed by atoms with E-state index in [-0.39, 0.29) is 13.0 Å². The lowest BCUT2D eigenvalue weighted by atomic mass is 9.85. The van der Waals surface area contributed by atoms with Crippen molar-refractivity contribution in [2.75, 3.05) is 13.7 Å². The first-order valence-corrected chi connectivity index (χ1v) is 5.77. The van der Waals surface area contributed by atoms with Crippen LogP contribution in [0, 0.1) is 16.7 Å². The van der Waals surface area contributed by atoms with E-state index in [0.717, 1.165) is 5.56 Å². The van der Waals surface area contributed by atoms with Crippen LogP contribution in [0.2, 0.25) is 0 Å². The van der Waals surface area contributed by atoms with Crippen molar-refractivity contribution in [1.29, 1.82) is 5.26 Å². The van der Waals surface area contributed by atoms with Crippen LogP contribution in [0.15, 0.2) is 24.3 Å². The largest absolute Gasteiger partial charge is 0.496 e. The number of hydrogen-bond acceptors (Lipinski definition) is 4. The molecule has 0 amide bonds. The molecule has 1 unspecified atom stereocenters. The van der Waals surface area contributed by atoms with Gasteiger partial charge in [-0.3, -0.25) is 4.79 Å². The zero-order chi connectivity index (χ0) is 13.6. The van der Waals surface area contributed by atoms with Crippen LogP contribution in [0.4, 0.5) is 0 Å². The van der Waals surface area contributed by atoms with Crippen molar-refractivity contribution in [3.05, 3.63) is 29.8 Å². The summed E-state index contributed by atoms with van der Waals surface area (Å²) in [6, 6.07) is 9.37. The van der Waals surface area contributed by atoms with Crippen LogP contribution in [0.1, 0.15) is 19.4 Å². The van der Waals surface area contributed by atoms with E-state index < -0.39 is 11.4 Å². The number of esters is 1. The van der Waals surface area contributed by atoms with Gasteiger partial charge in [-0.2, -0.15) is 5.26 Å². The first kappa shape index (κ1) is 14.0. The van der Waals surface area contributed by atoms with Gasteiger partial charge >= 0.3 is 5.97 Å². The van der Waals surface area contributed by atoms with E-state index in [1.165, 1.54) is 0 Å². The molecule has 1 aromatic rings. The quantitative estimate of drug-likeness (QED) is 0.749. The Morgan fingerprint density at radius 2 is 2.11 bits per heavy atom. The summed E-state index contributed by atoms with van der Waals surface area (Å²) in [4.78, 5) is 11.8. The van der Waals surface area contributed by atoms with Crippen molar-refractivity contribution >= 4 is 5.97 Å². The van der Waals surface area contributed by atoms with E-state index in [1.807, 2.05) is 24.3 Å². The van der Waals surface area contributed by atoms with E-state index in [0.29, 0.717) is 5.75 Å². The molecular formula is C14H17NO3. The van der Waals surface area contributed by atoms with Crippen molar-refractivity contribution in [1.82, 2.24) is 0 Å². The maximum absolute atomic E-state index is 11.8. The molecule has 18 heavy (non-hydrogen) atoms. The Hall–Kier alpha value is -2.02. The molecule has 1 atom stereocenters. The molecule has 0 aliphatic rings. The average Bonchev–Trinajstić information content (AvgIpc) is 2.39. The smallest absolute Gasteiger partial charge is 0.326 e. The number of para-hydroxylation sites is 1. The number of rotatable bonds is 5. The highest BCUT2D eigenvalue weighted by atomic mass is 16.5. The summed E-state index contributed by atoms with van der Waals surface area (Å²) in [5, 5.41) is 9.22. The number of carbonyl (C=O) groups is 1. The molecule has 0 aliphatic heterocycles. The molecule has 0 saturated carbocycles. The lowest BCUT2D eigenvalue weighted by Crippen LogP contribution is -2.30. The van der Waals surface area contributed by atoms with Crippen molar-refractivity contribution in [3.8, 4) is 11.8 Å². The summed E-state index contributed by atoms with van der Waals surface area (Å²) in [6.45, 7) is 3.57. The highest BCUT2D eigenvalue weighted by molar-refractivity contribution is 5.80. The lowest BCUT2D eigenvalue weighted by molar-refractivity contribution is -0.151. The number of nitrogens with zero attached hydrogens (tertiary/aromatic N) is 1. The van der Waals surface area contributed by atoms with Crippen molar-refractivity contribution in [2.45, 2.75) is 20.3 Å². The monoisotopic (exact) mass is 247 g/mol. The van der Waals surface area contributed by atoms with Gasteiger partial charge in [-0.15, -0.1) is 0 Å². The first-order chi connectivity index (χ1) is 8.57. The van der Waals surface area contributed by atoms with Gasteiger partial charge in [0, 0.05) is 6.42 Å². The molecule has 0 spiro atoms. The minimum Gasteiger partial charge on any atom is -0.496 e. The van der Waals surface area contributed by atoms with Gasteiger partial charge in [-0.05, 0) is 25.5 Å². The SMILES string of the molecule is CCOC(=O)C(C)(C#N)Cc1ccccc1OC. The summed E-state index contributed by atoms with van der Waals surface area (Å²) < 4.78 is 10.2. The Balaban J connectivity index is 2.99. The molecule has 96 valence electrons. The van der Waals surface area contributed by atoms with Gasteiger partial charge in [0.15, 0.2) is 5.41 Å². The fraction of sp³-hybridized carbons (Fsp3) is 0.429. The summed E-state index contributed by atoms with van der Waals surface area (Å²) in [5.74, 6) is 0.168. The molecule has 0 radical (unpaired) electrons. The van der Waals surface area contributed by atoms with Crippen LogP contribution in [-0.2, 0) is 16.0 Å². The van der Waals surface area contributed by atoms with Gasteiger partial charge in [0.05, 0.1) is 19.8 Å². The molecule has 4 nitrogen and oxygen atoms in total. The van der Waals surface area contributed by atoms with Crippen LogP contribution in [-0.4, -0.2) is 19.7 Å². The highest BCUT2D eigenvalue weighted by Crippen LogP contribution is 2.28. The normalized spacial score (nSPS) is 13.2. The molecule has 0 aromatic heterocycles. The maximum Gasteiger partial charge on any atom is 0.326 e. The minimum atomic E-state index is -1.19. The molecule has 0 bridgehead atoms. The molecule has 0 heterocycles. The number of ether oxygens (including phenoxy) is 2. The van der Waals surface area contributed by atoms with Gasteiger partial charge < -0.3 is 9.47 Å². The molecule has 0 aliphatic carbocycles. The summed E-state index contributed by atoms with van der Waals surface area (Å²) in [7, 11) is 1.56. The zero-order valence-corrected chi connectivity index (χ0v) is 10.9. The fourth-order valence-electron chi connectivity index (χ4n) is 1.68. The van der Waals surface area contributed by atoms with E-state index in [4.69, 9.17) is 9.47 Å². The Labute approximate surface area is 107 Å². The Morgan fingerprint density at radius 1 is 1.44 bits per heavy atom. The lowest BCUT2D eigenvalue weighted by Gasteiger charge is -2.20. The standard InChI is InChI=1S/C14H17NO3/c1-4-18-13(16)14(2,10-15)9-11-7-5-6-8-12(11)17-3/h5-8H,4,9H2,1-3H3. The van der Waals surface area contributed by atoms with Crippen LogP contribution >= 0.6 is 0 Å². The number of hydrogen-bond donors (Lipinski definition) is 0. The first-order valence-electron chi connectivity index (χ1n) is 5.77. The van der Waals surface area contributed by atoms with Crippen LogP contribution in [0.3, 0.4) is 0 Å². The number of nitriles is 1.